The number of aldehydes is 1. The van der Waals surface area contributed by atoms with Gasteiger partial charge in [-0.05, 0) is 55.8 Å². The standard InChI is InChI=1S/C18H32O/c1-14-6-7-17(12-15(14)2)5-3-4-16-8-10-18(13-19)11-9-16/h13-18H,3-12H2,1-2H3. The minimum absolute atomic E-state index is 0.386. The summed E-state index contributed by atoms with van der Waals surface area (Å²) in [5.41, 5.74) is 0. The van der Waals surface area contributed by atoms with Gasteiger partial charge in [-0.3, -0.25) is 0 Å². The summed E-state index contributed by atoms with van der Waals surface area (Å²) in [7, 11) is 0. The third-order valence-corrected chi connectivity index (χ3v) is 6.02. The Morgan fingerprint density at radius 2 is 1.47 bits per heavy atom. The van der Waals surface area contributed by atoms with Gasteiger partial charge in [0.25, 0.3) is 0 Å². The summed E-state index contributed by atoms with van der Waals surface area (Å²) >= 11 is 0. The molecule has 3 atom stereocenters. The van der Waals surface area contributed by atoms with E-state index in [-0.39, 0.29) is 0 Å². The Morgan fingerprint density at radius 1 is 0.842 bits per heavy atom. The molecule has 2 aliphatic carbocycles. The monoisotopic (exact) mass is 264 g/mol. The summed E-state index contributed by atoms with van der Waals surface area (Å²) in [6, 6.07) is 0. The Bertz CT molecular complexity index is 265. The topological polar surface area (TPSA) is 17.1 Å². The fraction of sp³-hybridized carbons (Fsp3) is 0.944. The first kappa shape index (κ1) is 15.1. The molecular weight excluding hydrogens is 232 g/mol. The molecule has 2 fully saturated rings. The summed E-state index contributed by atoms with van der Waals surface area (Å²) in [6.07, 6.45) is 14.8. The molecule has 3 unspecified atom stereocenters. The van der Waals surface area contributed by atoms with Crippen molar-refractivity contribution in [3.05, 3.63) is 0 Å². The lowest BCUT2D eigenvalue weighted by molar-refractivity contribution is -0.112. The van der Waals surface area contributed by atoms with E-state index in [1.165, 1.54) is 57.7 Å². The molecule has 0 heterocycles. The van der Waals surface area contributed by atoms with Crippen molar-refractivity contribution in [2.45, 2.75) is 78.1 Å². The van der Waals surface area contributed by atoms with Crippen molar-refractivity contribution in [3.63, 3.8) is 0 Å². The number of hydrogen-bond donors (Lipinski definition) is 0. The van der Waals surface area contributed by atoms with Crippen molar-refractivity contribution in [1.29, 1.82) is 0 Å². The Morgan fingerprint density at radius 3 is 2.11 bits per heavy atom. The van der Waals surface area contributed by atoms with Crippen LogP contribution in [-0.2, 0) is 4.79 Å². The van der Waals surface area contributed by atoms with Crippen molar-refractivity contribution >= 4 is 6.29 Å². The molecule has 19 heavy (non-hydrogen) atoms. The molecule has 0 aliphatic heterocycles. The van der Waals surface area contributed by atoms with Crippen LogP contribution in [0.5, 0.6) is 0 Å². The van der Waals surface area contributed by atoms with Crippen LogP contribution in [0.1, 0.15) is 78.1 Å². The minimum Gasteiger partial charge on any atom is -0.303 e. The Balaban J connectivity index is 1.58. The quantitative estimate of drug-likeness (QED) is 0.621. The zero-order valence-corrected chi connectivity index (χ0v) is 12.9. The van der Waals surface area contributed by atoms with Crippen molar-refractivity contribution in [2.24, 2.45) is 29.6 Å². The molecule has 1 nitrogen and oxygen atoms in total. The van der Waals surface area contributed by atoms with Crippen LogP contribution in [0.15, 0.2) is 0 Å². The van der Waals surface area contributed by atoms with E-state index in [9.17, 15) is 4.79 Å². The van der Waals surface area contributed by atoms with Crippen molar-refractivity contribution in [3.8, 4) is 0 Å². The van der Waals surface area contributed by atoms with Crippen molar-refractivity contribution in [1.82, 2.24) is 0 Å². The minimum atomic E-state index is 0.386. The number of hydrogen-bond acceptors (Lipinski definition) is 1. The Labute approximate surface area is 119 Å². The van der Waals surface area contributed by atoms with Crippen LogP contribution in [0, 0.1) is 29.6 Å². The molecule has 0 bridgehead atoms. The maximum absolute atomic E-state index is 10.7. The third kappa shape index (κ3) is 4.61. The molecule has 0 aromatic carbocycles. The van der Waals surface area contributed by atoms with Crippen molar-refractivity contribution < 1.29 is 4.79 Å². The number of carbonyl (C=O) groups is 1. The van der Waals surface area contributed by atoms with Gasteiger partial charge < -0.3 is 4.79 Å². The normalized spacial score (nSPS) is 40.0. The van der Waals surface area contributed by atoms with E-state index >= 15 is 0 Å². The fourth-order valence-corrected chi connectivity index (χ4v) is 4.23. The zero-order valence-electron chi connectivity index (χ0n) is 12.9. The second kappa shape index (κ2) is 7.45. The van der Waals surface area contributed by atoms with Crippen molar-refractivity contribution in [2.75, 3.05) is 0 Å². The van der Waals surface area contributed by atoms with Crippen LogP contribution in [0.4, 0.5) is 0 Å². The van der Waals surface area contributed by atoms with E-state index in [4.69, 9.17) is 0 Å². The molecular formula is C18H32O. The van der Waals surface area contributed by atoms with Crippen LogP contribution in [0.25, 0.3) is 0 Å². The van der Waals surface area contributed by atoms with E-state index in [1.807, 2.05) is 0 Å². The highest BCUT2D eigenvalue weighted by Crippen LogP contribution is 2.37. The molecule has 0 spiro atoms. The van der Waals surface area contributed by atoms with Gasteiger partial charge in [-0.15, -0.1) is 0 Å². The highest BCUT2D eigenvalue weighted by molar-refractivity contribution is 5.53. The lowest BCUT2D eigenvalue weighted by atomic mass is 9.73. The maximum atomic E-state index is 10.7. The predicted molar refractivity (Wildman–Crippen MR) is 81.0 cm³/mol. The van der Waals surface area contributed by atoms with Gasteiger partial charge in [-0.25, -0.2) is 0 Å². The maximum Gasteiger partial charge on any atom is 0.123 e. The molecule has 0 aromatic rings. The summed E-state index contributed by atoms with van der Waals surface area (Å²) < 4.78 is 0. The lowest BCUT2D eigenvalue weighted by Crippen LogP contribution is -2.21. The van der Waals surface area contributed by atoms with Gasteiger partial charge in [0, 0.05) is 5.92 Å². The van der Waals surface area contributed by atoms with Crippen LogP contribution in [0.2, 0.25) is 0 Å². The highest BCUT2D eigenvalue weighted by Gasteiger charge is 2.25. The van der Waals surface area contributed by atoms with Gasteiger partial charge in [0.05, 0.1) is 0 Å². The highest BCUT2D eigenvalue weighted by atomic mass is 16.1. The summed E-state index contributed by atoms with van der Waals surface area (Å²) in [6.45, 7) is 4.86. The molecule has 0 N–H and O–H groups in total. The Hall–Kier alpha value is -0.330. The Kier molecular flexibility index (Phi) is 5.91. The smallest absolute Gasteiger partial charge is 0.123 e. The van der Waals surface area contributed by atoms with E-state index in [2.05, 4.69) is 13.8 Å². The number of carbonyl (C=O) groups excluding carboxylic acids is 1. The summed E-state index contributed by atoms with van der Waals surface area (Å²) in [4.78, 5) is 10.7. The summed E-state index contributed by atoms with van der Waals surface area (Å²) in [5.74, 6) is 4.22. The first-order chi connectivity index (χ1) is 9.19. The first-order valence-corrected chi connectivity index (χ1v) is 8.64. The molecule has 0 saturated heterocycles. The van der Waals surface area contributed by atoms with E-state index < -0.39 is 0 Å². The molecule has 1 heteroatoms. The van der Waals surface area contributed by atoms with Gasteiger partial charge in [-0.2, -0.15) is 0 Å². The lowest BCUT2D eigenvalue weighted by Gasteiger charge is -2.32. The SMILES string of the molecule is CC1CCC(CCCC2CCC(C=O)CC2)CC1C. The largest absolute Gasteiger partial charge is 0.303 e. The second-order valence-electron chi connectivity index (χ2n) is 7.48. The second-order valence-corrected chi connectivity index (χ2v) is 7.48. The number of rotatable bonds is 5. The molecule has 2 saturated carbocycles. The first-order valence-electron chi connectivity index (χ1n) is 8.64. The van der Waals surface area contributed by atoms with Gasteiger partial charge in [0.1, 0.15) is 6.29 Å². The predicted octanol–water partition coefficient (Wildman–Crippen LogP) is 5.23. The molecule has 0 radical (unpaired) electrons. The average Bonchev–Trinajstić information content (AvgIpc) is 2.43. The molecule has 2 aliphatic rings. The average molecular weight is 264 g/mol. The van der Waals surface area contributed by atoms with Crippen LogP contribution < -0.4 is 0 Å². The fourth-order valence-electron chi connectivity index (χ4n) is 4.23. The van der Waals surface area contributed by atoms with Gasteiger partial charge in [-0.1, -0.05) is 46.0 Å². The van der Waals surface area contributed by atoms with E-state index in [0.29, 0.717) is 5.92 Å². The zero-order chi connectivity index (χ0) is 13.7. The van der Waals surface area contributed by atoms with E-state index in [1.54, 1.807) is 0 Å². The molecule has 0 amide bonds. The molecule has 2 rings (SSSR count). The van der Waals surface area contributed by atoms with Crippen LogP contribution >= 0.6 is 0 Å². The summed E-state index contributed by atoms with van der Waals surface area (Å²) in [5, 5.41) is 0. The van der Waals surface area contributed by atoms with Crippen LogP contribution in [-0.4, -0.2) is 6.29 Å². The van der Waals surface area contributed by atoms with Gasteiger partial charge in [0.15, 0.2) is 0 Å². The van der Waals surface area contributed by atoms with Crippen LogP contribution in [0.3, 0.4) is 0 Å². The van der Waals surface area contributed by atoms with E-state index in [0.717, 1.165) is 36.5 Å². The molecule has 0 aromatic heterocycles. The van der Waals surface area contributed by atoms with Gasteiger partial charge >= 0.3 is 0 Å². The van der Waals surface area contributed by atoms with Gasteiger partial charge in [0.2, 0.25) is 0 Å². The third-order valence-electron chi connectivity index (χ3n) is 6.02. The molecule has 110 valence electrons.